The Morgan fingerprint density at radius 1 is 0.814 bits per heavy atom. The summed E-state index contributed by atoms with van der Waals surface area (Å²) >= 11 is 0. The fraction of sp³-hybridized carbons (Fsp3) is 0.216. The van der Waals surface area contributed by atoms with Crippen LogP contribution in [0.15, 0.2) is 83.5 Å². The van der Waals surface area contributed by atoms with Gasteiger partial charge in [0.15, 0.2) is 5.65 Å². The van der Waals surface area contributed by atoms with Gasteiger partial charge in [-0.15, -0.1) is 53.6 Å². The van der Waals surface area contributed by atoms with Gasteiger partial charge >= 0.3 is 0 Å². The van der Waals surface area contributed by atoms with Crippen LogP contribution in [0.4, 0.5) is 0 Å². The van der Waals surface area contributed by atoms with Crippen LogP contribution in [0.3, 0.4) is 0 Å². The van der Waals surface area contributed by atoms with Crippen LogP contribution in [-0.4, -0.2) is 19.5 Å². The molecular formula is C37H34IrN4O-2. The summed E-state index contributed by atoms with van der Waals surface area (Å²) in [7, 11) is 0. The van der Waals surface area contributed by atoms with Gasteiger partial charge < -0.3 is 14.0 Å². The molecule has 1 radical (unpaired) electrons. The van der Waals surface area contributed by atoms with E-state index >= 15 is 0 Å². The minimum absolute atomic E-state index is 0. The predicted octanol–water partition coefficient (Wildman–Crippen LogP) is 9.33. The predicted molar refractivity (Wildman–Crippen MR) is 172 cm³/mol. The number of benzene rings is 3. The fourth-order valence-corrected chi connectivity index (χ4v) is 5.02. The van der Waals surface area contributed by atoms with Crippen LogP contribution in [-0.2, 0) is 25.6 Å². The summed E-state index contributed by atoms with van der Waals surface area (Å²) in [5, 5.41) is 2.20. The van der Waals surface area contributed by atoms with Crippen molar-refractivity contribution in [3.63, 3.8) is 0 Å². The summed E-state index contributed by atoms with van der Waals surface area (Å²) in [6, 6.07) is 26.2. The number of hydrogen-bond donors (Lipinski definition) is 0. The maximum Gasteiger partial charge on any atom is 0.151 e. The van der Waals surface area contributed by atoms with Gasteiger partial charge in [-0.05, 0) is 76.0 Å². The Morgan fingerprint density at radius 2 is 1.58 bits per heavy atom. The summed E-state index contributed by atoms with van der Waals surface area (Å²) in [6.45, 7) is 6.28. The largest absolute Gasteiger partial charge is 0.501 e. The number of furan rings is 1. The topological polar surface area (TPSA) is 56.7 Å². The Balaban J connectivity index is 0.000000199. The van der Waals surface area contributed by atoms with E-state index in [1.54, 1.807) is 12.1 Å². The van der Waals surface area contributed by atoms with E-state index in [-0.39, 0.29) is 36.8 Å². The number of hydrogen-bond acceptors (Lipinski definition) is 4. The molecule has 43 heavy (non-hydrogen) atoms. The standard InChI is InChI=1S/C24H22N3O.C13H12N.Ir/c1-14-9-10-16-17-7-6-8-18(21(17)28-20(16)12-14)22-26-19-11-15(2)13-25-23(19)27(22)24(3,4)5;1-10-3-6-12(7-4-10)13-8-5-11(2)9-14-13;/h6-7,9-13H,1-5H3;3-6,8-9H,1-2H3;/q2*-1;/i;1D3,2D3;. The summed E-state index contributed by atoms with van der Waals surface area (Å²) in [6.07, 6.45) is 3.19. The molecule has 4 aromatic heterocycles. The van der Waals surface area contributed by atoms with Crippen molar-refractivity contribution in [2.75, 3.05) is 0 Å². The maximum atomic E-state index is 7.28. The molecule has 0 saturated heterocycles. The number of pyridine rings is 2. The monoisotopic (exact) mass is 749 g/mol. The Kier molecular flexibility index (Phi) is 6.45. The fourth-order valence-electron chi connectivity index (χ4n) is 5.02. The van der Waals surface area contributed by atoms with E-state index in [4.69, 9.17) is 17.6 Å². The molecule has 6 heteroatoms. The van der Waals surface area contributed by atoms with Gasteiger partial charge in [0.05, 0.1) is 16.9 Å². The zero-order valence-electron chi connectivity index (χ0n) is 30.5. The van der Waals surface area contributed by atoms with Gasteiger partial charge in [0.2, 0.25) is 0 Å². The third-order valence-corrected chi connectivity index (χ3v) is 6.97. The second-order valence-corrected chi connectivity index (χ2v) is 11.4. The van der Waals surface area contributed by atoms with Crippen molar-refractivity contribution < 1.29 is 32.7 Å². The van der Waals surface area contributed by atoms with Crippen LogP contribution in [0, 0.1) is 39.7 Å². The number of imidazole rings is 1. The van der Waals surface area contributed by atoms with Gasteiger partial charge in [-0.3, -0.25) is 4.98 Å². The molecule has 0 unspecified atom stereocenters. The molecule has 0 amide bonds. The minimum atomic E-state index is -2.18. The van der Waals surface area contributed by atoms with Gasteiger partial charge in [-0.25, -0.2) is 4.98 Å². The number of aromatic nitrogens is 4. The zero-order chi connectivity index (χ0) is 34.6. The molecular weight excluding hydrogens is 709 g/mol. The van der Waals surface area contributed by atoms with E-state index in [0.717, 1.165) is 50.1 Å². The second kappa shape index (κ2) is 11.9. The molecule has 0 aliphatic heterocycles. The third-order valence-electron chi connectivity index (χ3n) is 6.97. The summed E-state index contributed by atoms with van der Waals surface area (Å²) < 4.78 is 52.1. The van der Waals surface area contributed by atoms with Crippen LogP contribution in [0.25, 0.3) is 55.7 Å². The average molecular weight is 749 g/mol. The molecule has 0 aliphatic rings. The summed E-state index contributed by atoms with van der Waals surface area (Å²) in [5.74, 6) is 0.835. The van der Waals surface area contributed by atoms with Crippen LogP contribution < -0.4 is 0 Å². The van der Waals surface area contributed by atoms with Gasteiger partial charge in [-0.1, -0.05) is 42.1 Å². The summed E-state index contributed by atoms with van der Waals surface area (Å²) in [5.41, 5.74) is 7.99. The first-order valence-electron chi connectivity index (χ1n) is 16.7. The van der Waals surface area contributed by atoms with Crippen LogP contribution in [0.1, 0.15) is 51.2 Å². The van der Waals surface area contributed by atoms with Gasteiger partial charge in [-0.2, -0.15) is 0 Å². The minimum Gasteiger partial charge on any atom is -0.501 e. The smallest absolute Gasteiger partial charge is 0.151 e. The SMILES string of the molecule is Cc1cnc2c(c1)nc(-c1[c-]ccc3c1oc1cc(C)ccc13)n2C(C)(C)C.[2H]C([2H])([2H])c1c[c-]c(-c2ccc(C([2H])([2H])[2H])cn2)cc1.[Ir]. The first kappa shape index (κ1) is 23.3. The first-order valence-corrected chi connectivity index (χ1v) is 13.7. The van der Waals surface area contributed by atoms with Gasteiger partial charge in [0, 0.05) is 51.6 Å². The van der Waals surface area contributed by atoms with Gasteiger partial charge in [0.1, 0.15) is 5.58 Å². The van der Waals surface area contributed by atoms with E-state index < -0.39 is 13.7 Å². The number of aryl methyl sites for hydroxylation is 4. The molecule has 0 saturated carbocycles. The number of nitrogens with zero attached hydrogens (tertiary/aromatic N) is 4. The van der Waals surface area contributed by atoms with Crippen molar-refractivity contribution >= 4 is 33.1 Å². The van der Waals surface area contributed by atoms with Gasteiger partial charge in [0.25, 0.3) is 0 Å². The van der Waals surface area contributed by atoms with Crippen molar-refractivity contribution in [3.05, 3.63) is 114 Å². The first-order chi connectivity index (χ1) is 22.5. The van der Waals surface area contributed by atoms with Crippen LogP contribution in [0.5, 0.6) is 0 Å². The van der Waals surface area contributed by atoms with E-state index in [0.29, 0.717) is 11.3 Å². The van der Waals surface area contributed by atoms with Crippen molar-refractivity contribution in [2.24, 2.45) is 0 Å². The van der Waals surface area contributed by atoms with Crippen LogP contribution >= 0.6 is 0 Å². The Hall–Kier alpha value is -4.12. The Labute approximate surface area is 274 Å². The van der Waals surface area contributed by atoms with Crippen molar-refractivity contribution in [2.45, 2.75) is 53.9 Å². The molecule has 219 valence electrons. The van der Waals surface area contributed by atoms with E-state index in [1.165, 1.54) is 30.0 Å². The Bertz CT molecular complexity index is 2210. The van der Waals surface area contributed by atoms with E-state index in [9.17, 15) is 0 Å². The molecule has 7 rings (SSSR count). The molecule has 0 aliphatic carbocycles. The molecule has 0 N–H and O–H groups in total. The second-order valence-electron chi connectivity index (χ2n) is 11.4. The molecule has 0 spiro atoms. The van der Waals surface area contributed by atoms with Crippen molar-refractivity contribution in [3.8, 4) is 22.6 Å². The molecule has 0 bridgehead atoms. The van der Waals surface area contributed by atoms with Crippen molar-refractivity contribution in [1.82, 2.24) is 19.5 Å². The van der Waals surface area contributed by atoms with E-state index in [2.05, 4.69) is 84.7 Å². The molecule has 3 aromatic carbocycles. The normalized spacial score (nSPS) is 14.1. The molecule has 4 heterocycles. The third kappa shape index (κ3) is 6.04. The molecule has 5 nitrogen and oxygen atoms in total. The van der Waals surface area contributed by atoms with Crippen molar-refractivity contribution in [1.29, 1.82) is 0 Å². The Morgan fingerprint density at radius 3 is 2.28 bits per heavy atom. The average Bonchev–Trinajstić information content (AvgIpc) is 3.58. The molecule has 0 fully saturated rings. The number of rotatable bonds is 2. The number of fused-ring (bicyclic) bond motifs is 4. The summed E-state index contributed by atoms with van der Waals surface area (Å²) in [4.78, 5) is 13.7. The maximum absolute atomic E-state index is 7.28. The quantitative estimate of drug-likeness (QED) is 0.166. The molecule has 7 aromatic rings. The van der Waals surface area contributed by atoms with E-state index in [1.807, 2.05) is 19.2 Å². The zero-order valence-corrected chi connectivity index (χ0v) is 26.9. The van der Waals surface area contributed by atoms with Crippen LogP contribution in [0.2, 0.25) is 0 Å². The molecule has 0 atom stereocenters.